The summed E-state index contributed by atoms with van der Waals surface area (Å²) in [6, 6.07) is 14.0. The Morgan fingerprint density at radius 3 is 2.16 bits per heavy atom. The predicted molar refractivity (Wildman–Crippen MR) is 73.8 cm³/mol. The molecule has 0 saturated carbocycles. The number of benzene rings is 2. The molecule has 19 heavy (non-hydrogen) atoms. The van der Waals surface area contributed by atoms with Crippen LogP contribution in [0.25, 0.3) is 0 Å². The lowest BCUT2D eigenvalue weighted by Crippen LogP contribution is -2.11. The van der Waals surface area contributed by atoms with Crippen molar-refractivity contribution in [3.8, 4) is 11.5 Å². The van der Waals surface area contributed by atoms with Gasteiger partial charge in [-0.3, -0.25) is 4.79 Å². The Hall–Kier alpha value is -2.00. The molecule has 0 amide bonds. The van der Waals surface area contributed by atoms with Crippen molar-refractivity contribution in [3.05, 3.63) is 59.1 Å². The van der Waals surface area contributed by atoms with Crippen LogP contribution in [0.15, 0.2) is 48.5 Å². The van der Waals surface area contributed by atoms with Crippen molar-refractivity contribution in [1.82, 2.24) is 0 Å². The van der Waals surface area contributed by atoms with E-state index in [-0.39, 0.29) is 12.4 Å². The van der Waals surface area contributed by atoms with Crippen molar-refractivity contribution in [1.29, 1.82) is 0 Å². The molecule has 0 saturated heterocycles. The lowest BCUT2D eigenvalue weighted by Gasteiger charge is -2.05. The van der Waals surface area contributed by atoms with E-state index in [0.29, 0.717) is 10.8 Å². The molecule has 0 heterocycles. The minimum Gasteiger partial charge on any atom is -0.497 e. The van der Waals surface area contributed by atoms with E-state index >= 15 is 0 Å². The van der Waals surface area contributed by atoms with Crippen LogP contribution in [0.4, 0.5) is 0 Å². The van der Waals surface area contributed by atoms with Crippen LogP contribution in [0.1, 0.15) is 5.56 Å². The molecule has 0 N–H and O–H groups in total. The standard InChI is InChI=1S/C15H13ClO3/c1-18-13-6-8-14(9-7-13)19-15(17)10-11-2-4-12(16)5-3-11/h2-9H,10H2,1H3. The Labute approximate surface area is 116 Å². The number of esters is 1. The summed E-state index contributed by atoms with van der Waals surface area (Å²) < 4.78 is 10.2. The lowest BCUT2D eigenvalue weighted by molar-refractivity contribution is -0.133. The molecule has 0 aliphatic rings. The third-order valence-corrected chi connectivity index (χ3v) is 2.80. The molecule has 0 fully saturated rings. The predicted octanol–water partition coefficient (Wildman–Crippen LogP) is 3.50. The Kier molecular flexibility index (Phi) is 4.42. The molecule has 0 aliphatic heterocycles. The Bertz CT molecular complexity index is 547. The fourth-order valence-corrected chi connectivity index (χ4v) is 1.71. The van der Waals surface area contributed by atoms with Crippen molar-refractivity contribution in [2.24, 2.45) is 0 Å². The number of hydrogen-bond donors (Lipinski definition) is 0. The highest BCUT2D eigenvalue weighted by atomic mass is 35.5. The second kappa shape index (κ2) is 6.25. The third kappa shape index (κ3) is 4.00. The SMILES string of the molecule is COc1ccc(OC(=O)Cc2ccc(Cl)cc2)cc1. The molecule has 0 radical (unpaired) electrons. The summed E-state index contributed by atoms with van der Waals surface area (Å²) in [6.45, 7) is 0. The summed E-state index contributed by atoms with van der Waals surface area (Å²) >= 11 is 5.78. The normalized spacial score (nSPS) is 10.0. The van der Waals surface area contributed by atoms with E-state index in [9.17, 15) is 4.79 Å². The second-order valence-electron chi connectivity index (χ2n) is 3.95. The number of hydrogen-bond acceptors (Lipinski definition) is 3. The number of ether oxygens (including phenoxy) is 2. The lowest BCUT2D eigenvalue weighted by atomic mass is 10.1. The smallest absolute Gasteiger partial charge is 0.315 e. The van der Waals surface area contributed by atoms with Gasteiger partial charge in [-0.15, -0.1) is 0 Å². The highest BCUT2D eigenvalue weighted by Gasteiger charge is 2.06. The van der Waals surface area contributed by atoms with Crippen molar-refractivity contribution >= 4 is 17.6 Å². The molecule has 98 valence electrons. The van der Waals surface area contributed by atoms with Crippen LogP contribution in [0.3, 0.4) is 0 Å². The largest absolute Gasteiger partial charge is 0.497 e. The van der Waals surface area contributed by atoms with Crippen molar-refractivity contribution in [2.45, 2.75) is 6.42 Å². The first-order valence-corrected chi connectivity index (χ1v) is 6.14. The minimum atomic E-state index is -0.313. The van der Waals surface area contributed by atoms with Crippen LogP contribution in [0.2, 0.25) is 5.02 Å². The topological polar surface area (TPSA) is 35.5 Å². The van der Waals surface area contributed by atoms with Gasteiger partial charge in [0.2, 0.25) is 0 Å². The molecular formula is C15H13ClO3. The molecule has 0 aliphatic carbocycles. The highest BCUT2D eigenvalue weighted by molar-refractivity contribution is 6.30. The molecule has 0 unspecified atom stereocenters. The van der Waals surface area contributed by atoms with E-state index in [4.69, 9.17) is 21.1 Å². The van der Waals surface area contributed by atoms with Crippen LogP contribution < -0.4 is 9.47 Å². The summed E-state index contributed by atoms with van der Waals surface area (Å²) in [7, 11) is 1.58. The molecule has 0 atom stereocenters. The summed E-state index contributed by atoms with van der Waals surface area (Å²) in [5.74, 6) is 0.907. The fraction of sp³-hybridized carbons (Fsp3) is 0.133. The second-order valence-corrected chi connectivity index (χ2v) is 4.39. The average Bonchev–Trinajstić information content (AvgIpc) is 2.42. The van der Waals surface area contributed by atoms with Gasteiger partial charge in [0.05, 0.1) is 13.5 Å². The summed E-state index contributed by atoms with van der Waals surface area (Å²) in [5.41, 5.74) is 0.864. The van der Waals surface area contributed by atoms with Gasteiger partial charge < -0.3 is 9.47 Å². The third-order valence-electron chi connectivity index (χ3n) is 2.55. The van der Waals surface area contributed by atoms with Crippen molar-refractivity contribution in [3.63, 3.8) is 0 Å². The van der Waals surface area contributed by atoms with E-state index in [1.54, 1.807) is 55.6 Å². The molecule has 2 aromatic carbocycles. The Morgan fingerprint density at radius 2 is 1.58 bits per heavy atom. The maximum atomic E-state index is 11.7. The summed E-state index contributed by atoms with van der Waals surface area (Å²) in [6.07, 6.45) is 0.212. The fourth-order valence-electron chi connectivity index (χ4n) is 1.58. The van der Waals surface area contributed by atoms with Gasteiger partial charge in [-0.25, -0.2) is 0 Å². The summed E-state index contributed by atoms with van der Waals surface area (Å²) in [4.78, 5) is 11.7. The zero-order chi connectivity index (χ0) is 13.7. The van der Waals surface area contributed by atoms with Crippen LogP contribution in [0, 0.1) is 0 Å². The number of rotatable bonds is 4. The van der Waals surface area contributed by atoms with Gasteiger partial charge in [0.25, 0.3) is 0 Å². The van der Waals surface area contributed by atoms with Gasteiger partial charge in [0.1, 0.15) is 11.5 Å². The maximum Gasteiger partial charge on any atom is 0.315 e. The van der Waals surface area contributed by atoms with Crippen molar-refractivity contribution in [2.75, 3.05) is 7.11 Å². The number of halogens is 1. The quantitative estimate of drug-likeness (QED) is 0.633. The molecule has 0 bridgehead atoms. The molecule has 2 aromatic rings. The highest BCUT2D eigenvalue weighted by Crippen LogP contribution is 2.18. The van der Waals surface area contributed by atoms with Gasteiger partial charge in [0, 0.05) is 5.02 Å². The van der Waals surface area contributed by atoms with Crippen LogP contribution in [0.5, 0.6) is 11.5 Å². The van der Waals surface area contributed by atoms with Crippen LogP contribution in [-0.4, -0.2) is 13.1 Å². The van der Waals surface area contributed by atoms with Gasteiger partial charge in [-0.2, -0.15) is 0 Å². The minimum absolute atomic E-state index is 0.212. The zero-order valence-corrected chi connectivity index (χ0v) is 11.2. The van der Waals surface area contributed by atoms with Gasteiger partial charge in [0.15, 0.2) is 0 Å². The average molecular weight is 277 g/mol. The molecule has 0 aromatic heterocycles. The number of carbonyl (C=O) groups is 1. The number of carbonyl (C=O) groups excluding carboxylic acids is 1. The monoisotopic (exact) mass is 276 g/mol. The van der Waals surface area contributed by atoms with E-state index < -0.39 is 0 Å². The Balaban J connectivity index is 1.95. The molecule has 0 spiro atoms. The molecule has 2 rings (SSSR count). The van der Waals surface area contributed by atoms with Gasteiger partial charge in [-0.1, -0.05) is 23.7 Å². The molecule has 3 nitrogen and oxygen atoms in total. The van der Waals surface area contributed by atoms with E-state index in [1.165, 1.54) is 0 Å². The van der Waals surface area contributed by atoms with E-state index in [0.717, 1.165) is 11.3 Å². The van der Waals surface area contributed by atoms with E-state index in [1.807, 2.05) is 0 Å². The van der Waals surface area contributed by atoms with E-state index in [2.05, 4.69) is 0 Å². The van der Waals surface area contributed by atoms with Gasteiger partial charge in [-0.05, 0) is 42.0 Å². The molecular weight excluding hydrogens is 264 g/mol. The first-order chi connectivity index (χ1) is 9.17. The molecule has 4 heteroatoms. The van der Waals surface area contributed by atoms with Gasteiger partial charge >= 0.3 is 5.97 Å². The first kappa shape index (κ1) is 13.4. The van der Waals surface area contributed by atoms with Crippen LogP contribution >= 0.6 is 11.6 Å². The first-order valence-electron chi connectivity index (χ1n) is 5.76. The van der Waals surface area contributed by atoms with Crippen molar-refractivity contribution < 1.29 is 14.3 Å². The summed E-state index contributed by atoms with van der Waals surface area (Å²) in [5, 5.41) is 0.646. The van der Waals surface area contributed by atoms with Crippen LogP contribution in [-0.2, 0) is 11.2 Å². The maximum absolute atomic E-state index is 11.7. The Morgan fingerprint density at radius 1 is 1.00 bits per heavy atom. The zero-order valence-electron chi connectivity index (χ0n) is 10.4. The number of methoxy groups -OCH3 is 1.